The summed E-state index contributed by atoms with van der Waals surface area (Å²) in [5, 5.41) is 12.4. The Kier molecular flexibility index (Phi) is 3.32. The van der Waals surface area contributed by atoms with Gasteiger partial charge in [0, 0.05) is 5.56 Å². The van der Waals surface area contributed by atoms with Crippen molar-refractivity contribution in [1.82, 2.24) is 24.8 Å². The van der Waals surface area contributed by atoms with Crippen molar-refractivity contribution in [3.63, 3.8) is 0 Å². The summed E-state index contributed by atoms with van der Waals surface area (Å²) in [6, 6.07) is 17.5. The number of aromatic nitrogens is 5. The zero-order chi connectivity index (χ0) is 15.5. The first-order chi connectivity index (χ1) is 11.4. The van der Waals surface area contributed by atoms with Crippen LogP contribution in [0, 0.1) is 0 Å². The molecule has 0 saturated heterocycles. The molecule has 0 aliphatic carbocycles. The Bertz CT molecular complexity index is 974. The van der Waals surface area contributed by atoms with Crippen molar-refractivity contribution in [3.05, 3.63) is 72.8 Å². The Balaban J connectivity index is 1.67. The fraction of sp³-hybridized carbons (Fsp3) is 0. The number of fused-ring (bicyclic) bond motifs is 1. The smallest absolute Gasteiger partial charge is 0.184 e. The lowest BCUT2D eigenvalue weighted by Crippen LogP contribution is -1.96. The normalized spacial score (nSPS) is 11.3. The molecule has 0 aliphatic heterocycles. The van der Waals surface area contributed by atoms with Crippen molar-refractivity contribution in [2.75, 3.05) is 0 Å². The third-order valence-electron chi connectivity index (χ3n) is 3.34. The molecule has 0 fully saturated rings. The van der Waals surface area contributed by atoms with Gasteiger partial charge in [0.15, 0.2) is 5.82 Å². The summed E-state index contributed by atoms with van der Waals surface area (Å²) in [6.45, 7) is 0. The Labute approximate surface area is 132 Å². The fourth-order valence-electron chi connectivity index (χ4n) is 2.25. The zero-order valence-electron chi connectivity index (χ0n) is 12.1. The van der Waals surface area contributed by atoms with E-state index in [1.54, 1.807) is 23.4 Å². The van der Waals surface area contributed by atoms with E-state index in [1.165, 1.54) is 0 Å². The van der Waals surface area contributed by atoms with Gasteiger partial charge in [-0.15, -0.1) is 10.2 Å². The molecule has 2 heterocycles. The summed E-state index contributed by atoms with van der Waals surface area (Å²) in [5.74, 6) is 0.676. The molecule has 2 aromatic carbocycles. The van der Waals surface area contributed by atoms with Gasteiger partial charge in [-0.25, -0.2) is 4.98 Å². The van der Waals surface area contributed by atoms with Crippen LogP contribution in [-0.4, -0.2) is 31.1 Å². The third-order valence-corrected chi connectivity index (χ3v) is 3.34. The summed E-state index contributed by atoms with van der Waals surface area (Å²) < 4.78 is 1.62. The lowest BCUT2D eigenvalue weighted by molar-refractivity contribution is 0.887. The first-order valence-corrected chi connectivity index (χ1v) is 7.12. The van der Waals surface area contributed by atoms with Gasteiger partial charge in [-0.2, -0.15) is 9.78 Å². The van der Waals surface area contributed by atoms with Crippen molar-refractivity contribution in [1.29, 1.82) is 0 Å². The SMILES string of the molecule is C(=N/n1cnnc1-c1ccccc1)/c1cnc2ccccc2n1. The highest BCUT2D eigenvalue weighted by atomic mass is 15.4. The second kappa shape index (κ2) is 5.76. The molecular formula is C17H12N6. The number of benzene rings is 2. The van der Waals surface area contributed by atoms with Crippen LogP contribution in [0.5, 0.6) is 0 Å². The van der Waals surface area contributed by atoms with Crippen molar-refractivity contribution in [2.45, 2.75) is 0 Å². The maximum absolute atomic E-state index is 4.51. The molecule has 2 aromatic heterocycles. The minimum Gasteiger partial charge on any atom is -0.252 e. The van der Waals surface area contributed by atoms with Gasteiger partial charge in [0.05, 0.1) is 23.4 Å². The van der Waals surface area contributed by atoms with Gasteiger partial charge < -0.3 is 0 Å². The molecule has 0 unspecified atom stereocenters. The summed E-state index contributed by atoms with van der Waals surface area (Å²) in [7, 11) is 0. The summed E-state index contributed by atoms with van der Waals surface area (Å²) in [6.07, 6.45) is 4.90. The molecule has 0 amide bonds. The molecule has 6 heteroatoms. The van der Waals surface area contributed by atoms with Gasteiger partial charge in [0.25, 0.3) is 0 Å². The number of hydrogen-bond acceptors (Lipinski definition) is 5. The topological polar surface area (TPSA) is 68.8 Å². The predicted octanol–water partition coefficient (Wildman–Crippen LogP) is 2.77. The van der Waals surface area contributed by atoms with Crippen LogP contribution in [-0.2, 0) is 0 Å². The van der Waals surface area contributed by atoms with E-state index in [4.69, 9.17) is 0 Å². The summed E-state index contributed by atoms with van der Waals surface area (Å²) in [4.78, 5) is 8.88. The molecule has 110 valence electrons. The van der Waals surface area contributed by atoms with E-state index in [0.29, 0.717) is 11.5 Å². The van der Waals surface area contributed by atoms with E-state index in [1.807, 2.05) is 54.6 Å². The quantitative estimate of drug-likeness (QED) is 0.546. The van der Waals surface area contributed by atoms with Gasteiger partial charge in [0.2, 0.25) is 0 Å². The van der Waals surface area contributed by atoms with E-state index in [2.05, 4.69) is 25.3 Å². The molecule has 0 radical (unpaired) electrons. The molecule has 0 spiro atoms. The molecule has 0 atom stereocenters. The highest BCUT2D eigenvalue weighted by Gasteiger charge is 2.05. The molecule has 0 saturated carbocycles. The highest BCUT2D eigenvalue weighted by molar-refractivity contribution is 5.82. The largest absolute Gasteiger partial charge is 0.252 e. The predicted molar refractivity (Wildman–Crippen MR) is 88.0 cm³/mol. The second-order valence-electron chi connectivity index (χ2n) is 4.89. The average Bonchev–Trinajstić information content (AvgIpc) is 3.09. The zero-order valence-corrected chi connectivity index (χ0v) is 12.1. The number of nitrogens with zero attached hydrogens (tertiary/aromatic N) is 6. The lowest BCUT2D eigenvalue weighted by atomic mass is 10.2. The molecule has 0 N–H and O–H groups in total. The maximum Gasteiger partial charge on any atom is 0.184 e. The van der Waals surface area contributed by atoms with Crippen LogP contribution in [0.25, 0.3) is 22.4 Å². The third kappa shape index (κ3) is 2.69. The Morgan fingerprint density at radius 2 is 1.70 bits per heavy atom. The minimum absolute atomic E-state index is 0.676. The number of para-hydroxylation sites is 2. The maximum atomic E-state index is 4.51. The van der Waals surface area contributed by atoms with Crippen LogP contribution in [0.2, 0.25) is 0 Å². The molecule has 4 rings (SSSR count). The van der Waals surface area contributed by atoms with Crippen LogP contribution >= 0.6 is 0 Å². The Morgan fingerprint density at radius 3 is 2.57 bits per heavy atom. The number of rotatable bonds is 3. The van der Waals surface area contributed by atoms with Gasteiger partial charge in [-0.1, -0.05) is 42.5 Å². The van der Waals surface area contributed by atoms with Gasteiger partial charge in [-0.3, -0.25) is 4.98 Å². The second-order valence-corrected chi connectivity index (χ2v) is 4.89. The van der Waals surface area contributed by atoms with Gasteiger partial charge >= 0.3 is 0 Å². The van der Waals surface area contributed by atoms with Gasteiger partial charge in [0.1, 0.15) is 12.0 Å². The van der Waals surface area contributed by atoms with Crippen LogP contribution in [0.15, 0.2) is 72.2 Å². The first kappa shape index (κ1) is 13.3. The van der Waals surface area contributed by atoms with Crippen molar-refractivity contribution in [3.8, 4) is 11.4 Å². The standard InChI is InChI=1S/C17H12N6/c1-2-6-13(7-3-1)17-22-19-12-23(17)20-11-14-10-18-15-8-4-5-9-16(15)21-14/h1-12H/b20-11-. The van der Waals surface area contributed by atoms with Crippen LogP contribution in [0.4, 0.5) is 0 Å². The summed E-state index contributed by atoms with van der Waals surface area (Å²) in [5.41, 5.74) is 3.32. The monoisotopic (exact) mass is 300 g/mol. The highest BCUT2D eigenvalue weighted by Crippen LogP contribution is 2.15. The van der Waals surface area contributed by atoms with E-state index >= 15 is 0 Å². The van der Waals surface area contributed by atoms with Crippen molar-refractivity contribution < 1.29 is 0 Å². The van der Waals surface area contributed by atoms with E-state index < -0.39 is 0 Å². The lowest BCUT2D eigenvalue weighted by Gasteiger charge is -2.00. The minimum atomic E-state index is 0.676. The Morgan fingerprint density at radius 1 is 0.913 bits per heavy atom. The van der Waals surface area contributed by atoms with Gasteiger partial charge in [-0.05, 0) is 12.1 Å². The Hall–Kier alpha value is -3.41. The molecule has 4 aromatic rings. The molecule has 0 bridgehead atoms. The van der Waals surface area contributed by atoms with E-state index in [-0.39, 0.29) is 0 Å². The molecule has 0 aliphatic rings. The van der Waals surface area contributed by atoms with Crippen LogP contribution in [0.3, 0.4) is 0 Å². The van der Waals surface area contributed by atoms with Crippen LogP contribution in [0.1, 0.15) is 5.69 Å². The van der Waals surface area contributed by atoms with Crippen molar-refractivity contribution in [2.24, 2.45) is 5.10 Å². The molecule has 6 nitrogen and oxygen atoms in total. The van der Waals surface area contributed by atoms with E-state index in [0.717, 1.165) is 16.6 Å². The van der Waals surface area contributed by atoms with Crippen LogP contribution < -0.4 is 0 Å². The number of hydrogen-bond donors (Lipinski definition) is 0. The molecular weight excluding hydrogens is 288 g/mol. The average molecular weight is 300 g/mol. The summed E-state index contributed by atoms with van der Waals surface area (Å²) >= 11 is 0. The first-order valence-electron chi connectivity index (χ1n) is 7.12. The van der Waals surface area contributed by atoms with Crippen molar-refractivity contribution >= 4 is 17.2 Å². The molecule has 23 heavy (non-hydrogen) atoms. The fourth-order valence-corrected chi connectivity index (χ4v) is 2.25. The van der Waals surface area contributed by atoms with E-state index in [9.17, 15) is 0 Å².